The fraction of sp³-hybridized carbons (Fsp3) is 0.364. The van der Waals surface area contributed by atoms with Crippen molar-refractivity contribution in [2.24, 2.45) is 0 Å². The molecular weight excluding hydrogens is 389 g/mol. The lowest BCUT2D eigenvalue weighted by atomic mass is 10.2. The van der Waals surface area contributed by atoms with Gasteiger partial charge in [-0.3, -0.25) is 9.36 Å². The maximum absolute atomic E-state index is 13.4. The van der Waals surface area contributed by atoms with Crippen molar-refractivity contribution in [2.75, 3.05) is 18.9 Å². The van der Waals surface area contributed by atoms with Crippen LogP contribution in [0.2, 0.25) is 0 Å². The number of ether oxygens (including phenoxy) is 1. The zero-order valence-corrected chi connectivity index (χ0v) is 17.2. The molecule has 1 N–H and O–H groups in total. The number of esters is 2. The van der Waals surface area contributed by atoms with E-state index in [1.54, 1.807) is 0 Å². The van der Waals surface area contributed by atoms with Crippen LogP contribution in [-0.2, 0) is 36.4 Å². The number of hydrogen-bond acceptors (Lipinski definition) is 6. The van der Waals surface area contributed by atoms with Crippen LogP contribution in [0, 0.1) is 0 Å². The Kier molecular flexibility index (Phi) is 7.76. The summed E-state index contributed by atoms with van der Waals surface area (Å²) in [5, 5.41) is 2.99. The largest absolute Gasteiger partial charge is 0.392 e. The van der Waals surface area contributed by atoms with Gasteiger partial charge in [0.2, 0.25) is 7.37 Å². The Morgan fingerprint density at radius 3 is 2.28 bits per heavy atom. The number of benzene rings is 2. The van der Waals surface area contributed by atoms with Gasteiger partial charge in [-0.25, -0.2) is 4.79 Å². The SMILES string of the molecule is O=C(CP(=O)(CCc1ccccc1)OCc1ccccc1)OC(=O)[C@@H]1CCCN1. The van der Waals surface area contributed by atoms with Crippen molar-refractivity contribution in [3.63, 3.8) is 0 Å². The number of nitrogens with one attached hydrogen (secondary N) is 1. The minimum absolute atomic E-state index is 0.137. The smallest absolute Gasteiger partial charge is 0.330 e. The standard InChI is InChI=1S/C22H26NO5P/c24-21(28-22(25)20-12-7-14-23-20)17-29(26,15-13-18-8-3-1-4-9-18)27-16-19-10-5-2-6-11-19/h1-6,8-11,20,23H,7,12-17H2/t20-,29?/m0/s1. The second-order valence-electron chi connectivity index (χ2n) is 7.13. The van der Waals surface area contributed by atoms with Crippen LogP contribution < -0.4 is 5.32 Å². The van der Waals surface area contributed by atoms with E-state index in [-0.39, 0.29) is 12.8 Å². The molecule has 0 bridgehead atoms. The molecule has 154 valence electrons. The van der Waals surface area contributed by atoms with E-state index < -0.39 is 31.5 Å². The lowest BCUT2D eigenvalue weighted by Crippen LogP contribution is -2.34. The Bertz CT molecular complexity index is 803. The first-order valence-electron chi connectivity index (χ1n) is 9.82. The van der Waals surface area contributed by atoms with Crippen molar-refractivity contribution in [2.45, 2.75) is 31.9 Å². The van der Waals surface area contributed by atoms with E-state index in [2.05, 4.69) is 5.32 Å². The highest BCUT2D eigenvalue weighted by atomic mass is 31.2. The first-order chi connectivity index (χ1) is 14.0. The van der Waals surface area contributed by atoms with Crippen LogP contribution in [0.25, 0.3) is 0 Å². The molecule has 0 saturated carbocycles. The van der Waals surface area contributed by atoms with E-state index in [1.165, 1.54) is 0 Å². The van der Waals surface area contributed by atoms with Gasteiger partial charge in [-0.15, -0.1) is 0 Å². The fourth-order valence-electron chi connectivity index (χ4n) is 3.20. The van der Waals surface area contributed by atoms with Crippen LogP contribution in [0.15, 0.2) is 60.7 Å². The predicted molar refractivity (Wildman–Crippen MR) is 111 cm³/mol. The van der Waals surface area contributed by atoms with Gasteiger partial charge in [0.1, 0.15) is 12.2 Å². The highest BCUT2D eigenvalue weighted by molar-refractivity contribution is 7.59. The van der Waals surface area contributed by atoms with Crippen LogP contribution >= 0.6 is 7.37 Å². The van der Waals surface area contributed by atoms with E-state index >= 15 is 0 Å². The molecule has 29 heavy (non-hydrogen) atoms. The molecule has 0 spiro atoms. The minimum atomic E-state index is -3.34. The zero-order valence-electron chi connectivity index (χ0n) is 16.3. The van der Waals surface area contributed by atoms with Crippen molar-refractivity contribution >= 4 is 19.3 Å². The number of carbonyl (C=O) groups excluding carboxylic acids is 2. The molecular formula is C22H26NO5P. The summed E-state index contributed by atoms with van der Waals surface area (Å²) >= 11 is 0. The van der Waals surface area contributed by atoms with E-state index in [9.17, 15) is 14.2 Å². The molecule has 7 heteroatoms. The highest BCUT2D eigenvalue weighted by Crippen LogP contribution is 2.48. The average molecular weight is 415 g/mol. The van der Waals surface area contributed by atoms with Gasteiger partial charge in [0, 0.05) is 6.16 Å². The Morgan fingerprint density at radius 2 is 1.66 bits per heavy atom. The summed E-state index contributed by atoms with van der Waals surface area (Å²) in [7, 11) is -3.34. The van der Waals surface area contributed by atoms with Crippen molar-refractivity contribution in [1.29, 1.82) is 0 Å². The Hall–Kier alpha value is -2.27. The monoisotopic (exact) mass is 415 g/mol. The molecule has 1 fully saturated rings. The van der Waals surface area contributed by atoms with Gasteiger partial charge in [0.15, 0.2) is 0 Å². The van der Waals surface area contributed by atoms with Gasteiger partial charge in [-0.1, -0.05) is 60.7 Å². The quantitative estimate of drug-likeness (QED) is 0.383. The lowest BCUT2D eigenvalue weighted by Gasteiger charge is -2.18. The number of aryl methyl sites for hydroxylation is 1. The van der Waals surface area contributed by atoms with Crippen molar-refractivity contribution in [3.8, 4) is 0 Å². The van der Waals surface area contributed by atoms with Crippen LogP contribution in [0.4, 0.5) is 0 Å². The fourth-order valence-corrected chi connectivity index (χ4v) is 5.02. The van der Waals surface area contributed by atoms with E-state index in [0.29, 0.717) is 12.8 Å². The van der Waals surface area contributed by atoms with Crippen LogP contribution in [-0.4, -0.2) is 36.8 Å². The molecule has 1 saturated heterocycles. The summed E-state index contributed by atoms with van der Waals surface area (Å²) < 4.78 is 24.1. The van der Waals surface area contributed by atoms with E-state index in [0.717, 1.165) is 24.1 Å². The van der Waals surface area contributed by atoms with Gasteiger partial charge < -0.3 is 14.6 Å². The highest BCUT2D eigenvalue weighted by Gasteiger charge is 2.31. The van der Waals surface area contributed by atoms with Gasteiger partial charge >= 0.3 is 11.9 Å². The molecule has 0 radical (unpaired) electrons. The van der Waals surface area contributed by atoms with E-state index in [4.69, 9.17) is 9.26 Å². The number of rotatable bonds is 9. The summed E-state index contributed by atoms with van der Waals surface area (Å²) in [5.41, 5.74) is 1.88. The number of hydrogen-bond donors (Lipinski definition) is 1. The van der Waals surface area contributed by atoms with Crippen molar-refractivity contribution in [1.82, 2.24) is 5.32 Å². The van der Waals surface area contributed by atoms with Crippen molar-refractivity contribution < 1.29 is 23.4 Å². The third-order valence-electron chi connectivity index (χ3n) is 4.82. The maximum atomic E-state index is 13.4. The zero-order chi connectivity index (χ0) is 20.5. The molecule has 3 rings (SSSR count). The molecule has 0 aromatic heterocycles. The summed E-state index contributed by atoms with van der Waals surface area (Å²) in [6.07, 6.45) is 1.81. The second-order valence-corrected chi connectivity index (χ2v) is 9.78. The van der Waals surface area contributed by atoms with Gasteiger partial charge in [0.05, 0.1) is 6.61 Å². The minimum Gasteiger partial charge on any atom is -0.392 e. The topological polar surface area (TPSA) is 81.7 Å². The Morgan fingerprint density at radius 1 is 1.00 bits per heavy atom. The van der Waals surface area contributed by atoms with E-state index in [1.807, 2.05) is 60.7 Å². The molecule has 0 aliphatic carbocycles. The third kappa shape index (κ3) is 6.93. The lowest BCUT2D eigenvalue weighted by molar-refractivity contribution is -0.159. The molecule has 2 atom stereocenters. The summed E-state index contributed by atoms with van der Waals surface area (Å²) in [5.74, 6) is -1.40. The summed E-state index contributed by atoms with van der Waals surface area (Å²) in [6.45, 7) is 0.863. The first kappa shape index (κ1) is 21.4. The number of carbonyl (C=O) groups is 2. The average Bonchev–Trinajstić information content (AvgIpc) is 3.28. The van der Waals surface area contributed by atoms with Gasteiger partial charge in [-0.05, 0) is 36.9 Å². The molecule has 6 nitrogen and oxygen atoms in total. The Labute approximate surface area is 171 Å². The Balaban J connectivity index is 1.62. The second kappa shape index (κ2) is 10.5. The predicted octanol–water partition coefficient (Wildman–Crippen LogP) is 3.55. The molecule has 2 aromatic rings. The van der Waals surface area contributed by atoms with Gasteiger partial charge in [0.25, 0.3) is 0 Å². The molecule has 1 aliphatic heterocycles. The molecule has 1 unspecified atom stereocenters. The molecule has 1 heterocycles. The summed E-state index contributed by atoms with van der Waals surface area (Å²) in [4.78, 5) is 24.4. The molecule has 0 amide bonds. The summed E-state index contributed by atoms with van der Waals surface area (Å²) in [6, 6.07) is 18.5. The van der Waals surface area contributed by atoms with Crippen molar-refractivity contribution in [3.05, 3.63) is 71.8 Å². The third-order valence-corrected chi connectivity index (χ3v) is 7.07. The molecule has 2 aromatic carbocycles. The van der Waals surface area contributed by atoms with Gasteiger partial charge in [-0.2, -0.15) is 0 Å². The van der Waals surface area contributed by atoms with Crippen LogP contribution in [0.1, 0.15) is 24.0 Å². The first-order valence-corrected chi connectivity index (χ1v) is 11.8. The van der Waals surface area contributed by atoms with Crippen LogP contribution in [0.3, 0.4) is 0 Å². The molecule has 1 aliphatic rings. The van der Waals surface area contributed by atoms with Crippen LogP contribution in [0.5, 0.6) is 0 Å². The maximum Gasteiger partial charge on any atom is 0.330 e. The normalized spacial score (nSPS) is 18.1.